The minimum Gasteiger partial charge on any atom is -0.396 e. The molecule has 0 bridgehead atoms. The van der Waals surface area contributed by atoms with Gasteiger partial charge in [-0.25, -0.2) is 4.39 Å². The molecule has 2 aromatic rings. The van der Waals surface area contributed by atoms with E-state index in [0.29, 0.717) is 30.5 Å². The van der Waals surface area contributed by atoms with E-state index in [1.165, 1.54) is 0 Å². The number of hydrogen-bond donors (Lipinski definition) is 2. The molecule has 0 amide bonds. The summed E-state index contributed by atoms with van der Waals surface area (Å²) in [6, 6.07) is 11.5. The van der Waals surface area contributed by atoms with Crippen molar-refractivity contribution in [1.29, 1.82) is 0 Å². The van der Waals surface area contributed by atoms with Crippen molar-refractivity contribution in [1.82, 2.24) is 5.32 Å². The zero-order valence-corrected chi connectivity index (χ0v) is 15.5. The third kappa shape index (κ3) is 5.25. The fraction of sp³-hybridized carbons (Fsp3) is 0.316. The Bertz CT molecular complexity index is 695. The molecule has 25 heavy (non-hydrogen) atoms. The zero-order chi connectivity index (χ0) is 17.5. The van der Waals surface area contributed by atoms with Crippen LogP contribution in [0.2, 0.25) is 5.02 Å². The number of aliphatic hydroxyl groups is 1. The fourth-order valence-corrected chi connectivity index (χ4v) is 2.84. The van der Waals surface area contributed by atoms with Gasteiger partial charge in [0.1, 0.15) is 5.82 Å². The van der Waals surface area contributed by atoms with E-state index in [1.54, 1.807) is 42.5 Å². The summed E-state index contributed by atoms with van der Waals surface area (Å²) in [5.41, 5.74) is 0.721. The van der Waals surface area contributed by atoms with Crippen molar-refractivity contribution in [3.8, 4) is 0 Å². The highest BCUT2D eigenvalue weighted by Crippen LogP contribution is 2.29. The number of benzene rings is 2. The lowest BCUT2D eigenvalue weighted by Crippen LogP contribution is -2.24. The van der Waals surface area contributed by atoms with Crippen LogP contribution in [-0.2, 0) is 0 Å². The third-order valence-corrected chi connectivity index (χ3v) is 4.21. The van der Waals surface area contributed by atoms with E-state index in [4.69, 9.17) is 16.7 Å². The van der Waals surface area contributed by atoms with Gasteiger partial charge in [-0.1, -0.05) is 54.9 Å². The van der Waals surface area contributed by atoms with Crippen LogP contribution >= 0.6 is 24.0 Å². The van der Waals surface area contributed by atoms with Gasteiger partial charge >= 0.3 is 0 Å². The molecule has 0 aliphatic heterocycles. The first-order valence-electron chi connectivity index (χ1n) is 8.02. The molecule has 0 aliphatic carbocycles. The van der Waals surface area contributed by atoms with Gasteiger partial charge in [0.15, 0.2) is 5.78 Å². The summed E-state index contributed by atoms with van der Waals surface area (Å²) in [4.78, 5) is 12.6. The number of halogens is 3. The second-order valence-corrected chi connectivity index (χ2v) is 5.92. The Labute approximate surface area is 158 Å². The summed E-state index contributed by atoms with van der Waals surface area (Å²) in [5.74, 6) is -1.01. The minimum absolute atomic E-state index is 0. The molecule has 6 heteroatoms. The Hall–Kier alpha value is -1.46. The summed E-state index contributed by atoms with van der Waals surface area (Å²) >= 11 is 6.11. The van der Waals surface area contributed by atoms with Gasteiger partial charge < -0.3 is 10.4 Å². The van der Waals surface area contributed by atoms with Gasteiger partial charge in [0.05, 0.1) is 10.6 Å². The molecule has 0 radical (unpaired) electrons. The molecular weight excluding hydrogens is 364 g/mol. The molecule has 2 N–H and O–H groups in total. The average Bonchev–Trinajstić information content (AvgIpc) is 2.60. The van der Waals surface area contributed by atoms with Gasteiger partial charge in [-0.2, -0.15) is 0 Å². The first-order valence-corrected chi connectivity index (χ1v) is 8.39. The van der Waals surface area contributed by atoms with Gasteiger partial charge in [-0.3, -0.25) is 4.79 Å². The van der Waals surface area contributed by atoms with Crippen molar-refractivity contribution in [2.24, 2.45) is 0 Å². The molecule has 136 valence electrons. The molecule has 0 fully saturated rings. The van der Waals surface area contributed by atoms with E-state index in [9.17, 15) is 4.79 Å². The smallest absolute Gasteiger partial charge is 0.197 e. The van der Waals surface area contributed by atoms with Crippen molar-refractivity contribution in [3.63, 3.8) is 0 Å². The molecule has 0 unspecified atom stereocenters. The summed E-state index contributed by atoms with van der Waals surface area (Å²) in [7, 11) is 0. The number of nitrogens with one attached hydrogen (secondary N) is 1. The minimum atomic E-state index is -0.584. The summed E-state index contributed by atoms with van der Waals surface area (Å²) in [5, 5.41) is 12.2. The average molecular weight is 386 g/mol. The summed E-state index contributed by atoms with van der Waals surface area (Å²) in [6.07, 6.45) is 1.24. The van der Waals surface area contributed by atoms with Crippen molar-refractivity contribution in [2.45, 2.75) is 25.8 Å². The predicted octanol–water partition coefficient (Wildman–Crippen LogP) is 4.56. The van der Waals surface area contributed by atoms with E-state index in [2.05, 4.69) is 5.32 Å². The van der Waals surface area contributed by atoms with E-state index >= 15 is 4.39 Å². The molecule has 1 atom stereocenters. The number of aliphatic hydroxyl groups excluding tert-OH is 1. The van der Waals surface area contributed by atoms with Crippen molar-refractivity contribution in [3.05, 3.63) is 70.0 Å². The van der Waals surface area contributed by atoms with Crippen molar-refractivity contribution >= 4 is 29.8 Å². The summed E-state index contributed by atoms with van der Waals surface area (Å²) < 4.78 is 15.0. The first-order chi connectivity index (χ1) is 11.6. The lowest BCUT2D eigenvalue weighted by molar-refractivity contribution is 0.103. The topological polar surface area (TPSA) is 49.3 Å². The molecule has 0 saturated heterocycles. The van der Waals surface area contributed by atoms with Gasteiger partial charge in [0.2, 0.25) is 0 Å². The highest BCUT2D eigenvalue weighted by molar-refractivity contribution is 6.35. The molecule has 2 rings (SSSR count). The largest absolute Gasteiger partial charge is 0.396 e. The van der Waals surface area contributed by atoms with Crippen LogP contribution < -0.4 is 5.32 Å². The molecule has 0 heterocycles. The zero-order valence-electron chi connectivity index (χ0n) is 14.0. The Morgan fingerprint density at radius 2 is 1.92 bits per heavy atom. The Kier molecular flexibility index (Phi) is 9.08. The standard InChI is InChI=1S/C19H21ClFNO2.ClH/c1-2-16(22-11-6-12-23)14-9-10-15(20)17(18(14)21)19(24)13-7-4-3-5-8-13;/h3-5,7-10,16,22-23H,2,6,11-12H2,1H3;1H/t16-;/m1./s1. The monoisotopic (exact) mass is 385 g/mol. The summed E-state index contributed by atoms with van der Waals surface area (Å²) in [6.45, 7) is 2.58. The highest BCUT2D eigenvalue weighted by Gasteiger charge is 2.23. The maximum absolute atomic E-state index is 15.0. The first kappa shape index (κ1) is 21.6. The van der Waals surface area contributed by atoms with Crippen LogP contribution in [-0.4, -0.2) is 24.0 Å². The van der Waals surface area contributed by atoms with E-state index in [1.807, 2.05) is 6.92 Å². The van der Waals surface area contributed by atoms with Crippen LogP contribution in [0.4, 0.5) is 4.39 Å². The third-order valence-electron chi connectivity index (χ3n) is 3.89. The Balaban J connectivity index is 0.00000312. The molecule has 0 aromatic heterocycles. The van der Waals surface area contributed by atoms with E-state index in [-0.39, 0.29) is 35.6 Å². The maximum atomic E-state index is 15.0. The quantitative estimate of drug-likeness (QED) is 0.517. The number of carbonyl (C=O) groups excluding carboxylic acids is 1. The number of rotatable bonds is 8. The Morgan fingerprint density at radius 3 is 2.52 bits per heavy atom. The lowest BCUT2D eigenvalue weighted by Gasteiger charge is -2.19. The fourth-order valence-electron chi connectivity index (χ4n) is 2.61. The van der Waals surface area contributed by atoms with Crippen LogP contribution in [0.25, 0.3) is 0 Å². The van der Waals surface area contributed by atoms with Gasteiger partial charge in [0.25, 0.3) is 0 Å². The number of carbonyl (C=O) groups is 1. The second-order valence-electron chi connectivity index (χ2n) is 5.51. The normalized spacial score (nSPS) is 11.7. The van der Waals surface area contributed by atoms with E-state index < -0.39 is 11.6 Å². The molecule has 0 saturated carbocycles. The number of ketones is 1. The maximum Gasteiger partial charge on any atom is 0.197 e. The Morgan fingerprint density at radius 1 is 1.24 bits per heavy atom. The van der Waals surface area contributed by atoms with Crippen molar-refractivity contribution in [2.75, 3.05) is 13.2 Å². The van der Waals surface area contributed by atoms with Crippen LogP contribution in [0.15, 0.2) is 42.5 Å². The lowest BCUT2D eigenvalue weighted by atomic mass is 9.96. The van der Waals surface area contributed by atoms with Gasteiger partial charge in [-0.05, 0) is 25.5 Å². The van der Waals surface area contributed by atoms with Gasteiger partial charge in [0, 0.05) is 23.8 Å². The van der Waals surface area contributed by atoms with Crippen LogP contribution in [0.3, 0.4) is 0 Å². The van der Waals surface area contributed by atoms with E-state index in [0.717, 1.165) is 0 Å². The SMILES string of the molecule is CC[C@@H](NCCCO)c1ccc(Cl)c(C(=O)c2ccccc2)c1F.Cl. The number of hydrogen-bond acceptors (Lipinski definition) is 3. The van der Waals surface area contributed by atoms with Crippen LogP contribution in [0.5, 0.6) is 0 Å². The molecule has 3 nitrogen and oxygen atoms in total. The highest BCUT2D eigenvalue weighted by atomic mass is 35.5. The predicted molar refractivity (Wildman–Crippen MR) is 101 cm³/mol. The molecule has 0 aliphatic rings. The van der Waals surface area contributed by atoms with Crippen LogP contribution in [0.1, 0.15) is 47.3 Å². The van der Waals surface area contributed by atoms with Crippen molar-refractivity contribution < 1.29 is 14.3 Å². The molecule has 0 spiro atoms. The van der Waals surface area contributed by atoms with Crippen LogP contribution in [0, 0.1) is 5.82 Å². The molecular formula is C19H22Cl2FNO2. The van der Waals surface area contributed by atoms with Gasteiger partial charge in [-0.15, -0.1) is 12.4 Å². The molecule has 2 aromatic carbocycles. The second kappa shape index (κ2) is 10.5.